The first kappa shape index (κ1) is 23.8. The molecule has 0 unspecified atom stereocenters. The normalized spacial score (nSPS) is 20.9. The Morgan fingerprint density at radius 2 is 1.47 bits per heavy atom. The third-order valence-corrected chi connectivity index (χ3v) is 7.55. The number of hydrogen-bond donors (Lipinski definition) is 2. The van der Waals surface area contributed by atoms with Crippen molar-refractivity contribution in [1.82, 2.24) is 4.57 Å². The topological polar surface area (TPSA) is 111 Å². The highest BCUT2D eigenvalue weighted by atomic mass is 16.5. The summed E-state index contributed by atoms with van der Waals surface area (Å²) in [6, 6.07) is 25.1. The third-order valence-electron chi connectivity index (χ3n) is 7.55. The number of hydrogen-bond acceptors (Lipinski definition) is 6. The van der Waals surface area contributed by atoms with Gasteiger partial charge in [-0.15, -0.1) is 0 Å². The standard InChI is InChI=1S/C31H25N3O4/c32-17-6-13-30-14-15-31(38-30,16-18-37-20-21-7-2-1-3-8-21)27-26(30)28(35)34(29(27)36)25-12-11-22(19-33)23-9-4-5-10-24(23)25/h1-5,7-12,14-15,35-36H,6,13,16,18,20H2/t30-,31-/m0/s1. The van der Waals surface area contributed by atoms with Gasteiger partial charge in [-0.05, 0) is 36.3 Å². The molecule has 38 heavy (non-hydrogen) atoms. The largest absolute Gasteiger partial charge is 0.494 e. The lowest BCUT2D eigenvalue weighted by atomic mass is 9.81. The van der Waals surface area contributed by atoms with Gasteiger partial charge in [0.15, 0.2) is 0 Å². The second kappa shape index (κ2) is 9.08. The number of nitriles is 2. The molecule has 7 nitrogen and oxygen atoms in total. The average molecular weight is 504 g/mol. The highest BCUT2D eigenvalue weighted by molar-refractivity contribution is 5.95. The Balaban J connectivity index is 1.43. The fourth-order valence-electron chi connectivity index (χ4n) is 5.83. The van der Waals surface area contributed by atoms with Gasteiger partial charge in [-0.25, -0.2) is 0 Å². The summed E-state index contributed by atoms with van der Waals surface area (Å²) in [6.45, 7) is 0.806. The molecule has 0 spiro atoms. The SMILES string of the molecule is N#CCC[C@@]12C=C[C@@](CCOCc3ccccc3)(O1)c1c2c(O)n(-c2ccc(C#N)c3ccccc23)c1O. The van der Waals surface area contributed by atoms with E-state index in [0.717, 1.165) is 16.3 Å². The minimum atomic E-state index is -1.03. The van der Waals surface area contributed by atoms with Gasteiger partial charge < -0.3 is 19.7 Å². The van der Waals surface area contributed by atoms with Crippen molar-refractivity contribution in [3.05, 3.63) is 101 Å². The van der Waals surface area contributed by atoms with E-state index in [9.17, 15) is 20.7 Å². The summed E-state index contributed by atoms with van der Waals surface area (Å²) in [5.41, 5.74) is 1.05. The van der Waals surface area contributed by atoms with Gasteiger partial charge >= 0.3 is 0 Å². The molecule has 6 rings (SSSR count). The molecule has 0 saturated carbocycles. The van der Waals surface area contributed by atoms with Crippen LogP contribution in [0, 0.1) is 22.7 Å². The molecule has 2 aliphatic rings. The molecule has 7 heteroatoms. The van der Waals surface area contributed by atoms with E-state index < -0.39 is 11.2 Å². The second-order valence-electron chi connectivity index (χ2n) is 9.68. The van der Waals surface area contributed by atoms with Crippen molar-refractivity contribution in [3.8, 4) is 29.6 Å². The molecule has 0 amide bonds. The minimum Gasteiger partial charge on any atom is -0.494 e. The summed E-state index contributed by atoms with van der Waals surface area (Å²) in [5.74, 6) is -0.264. The van der Waals surface area contributed by atoms with Crippen molar-refractivity contribution < 1.29 is 19.7 Å². The van der Waals surface area contributed by atoms with Crippen LogP contribution in [0.25, 0.3) is 16.5 Å². The van der Waals surface area contributed by atoms with E-state index >= 15 is 0 Å². The highest BCUT2D eigenvalue weighted by Gasteiger charge is 2.60. The molecule has 0 saturated heterocycles. The Morgan fingerprint density at radius 3 is 2.16 bits per heavy atom. The van der Waals surface area contributed by atoms with E-state index in [1.54, 1.807) is 12.1 Å². The number of fused-ring (bicyclic) bond motifs is 6. The maximum Gasteiger partial charge on any atom is 0.205 e. The number of nitrogens with zero attached hydrogens (tertiary/aromatic N) is 3. The molecule has 188 valence electrons. The number of benzene rings is 3. The Hall–Kier alpha value is -4.56. The van der Waals surface area contributed by atoms with Crippen LogP contribution < -0.4 is 0 Å². The summed E-state index contributed by atoms with van der Waals surface area (Å²) in [7, 11) is 0. The zero-order valence-corrected chi connectivity index (χ0v) is 20.6. The average Bonchev–Trinajstić information content (AvgIpc) is 3.56. The molecule has 4 aromatic rings. The molecular formula is C31H25N3O4. The molecule has 3 heterocycles. The van der Waals surface area contributed by atoms with Gasteiger partial charge in [0.2, 0.25) is 11.8 Å². The fourth-order valence-corrected chi connectivity index (χ4v) is 5.83. The molecule has 3 aromatic carbocycles. The molecule has 2 atom stereocenters. The Bertz CT molecular complexity index is 1660. The van der Waals surface area contributed by atoms with Crippen molar-refractivity contribution in [2.75, 3.05) is 6.61 Å². The highest BCUT2D eigenvalue weighted by Crippen LogP contribution is 2.64. The molecule has 0 radical (unpaired) electrons. The number of aromatic hydroxyl groups is 2. The number of aromatic nitrogens is 1. The zero-order valence-electron chi connectivity index (χ0n) is 20.6. The van der Waals surface area contributed by atoms with E-state index in [1.165, 1.54) is 4.57 Å². The van der Waals surface area contributed by atoms with Crippen LogP contribution in [0.2, 0.25) is 0 Å². The first-order valence-corrected chi connectivity index (χ1v) is 12.5. The van der Waals surface area contributed by atoms with Gasteiger partial charge in [0, 0.05) is 23.6 Å². The van der Waals surface area contributed by atoms with Crippen LogP contribution in [0.15, 0.2) is 78.9 Å². The number of rotatable bonds is 8. The van der Waals surface area contributed by atoms with E-state index in [-0.39, 0.29) is 18.2 Å². The van der Waals surface area contributed by atoms with Gasteiger partial charge in [0.1, 0.15) is 11.2 Å². The molecule has 2 N–H and O–H groups in total. The Kier molecular flexibility index (Phi) is 5.69. The lowest BCUT2D eigenvalue weighted by Crippen LogP contribution is -2.26. The molecule has 0 aliphatic carbocycles. The summed E-state index contributed by atoms with van der Waals surface area (Å²) >= 11 is 0. The van der Waals surface area contributed by atoms with E-state index in [2.05, 4.69) is 12.1 Å². The minimum absolute atomic E-state index is 0.126. The van der Waals surface area contributed by atoms with E-state index in [4.69, 9.17) is 9.47 Å². The summed E-state index contributed by atoms with van der Waals surface area (Å²) in [6.07, 6.45) is 4.78. The summed E-state index contributed by atoms with van der Waals surface area (Å²) < 4.78 is 13.9. The maximum absolute atomic E-state index is 11.6. The van der Waals surface area contributed by atoms with Crippen LogP contribution in [-0.4, -0.2) is 21.4 Å². The number of ether oxygens (including phenoxy) is 2. The zero-order chi connectivity index (χ0) is 26.3. The van der Waals surface area contributed by atoms with Crippen LogP contribution >= 0.6 is 0 Å². The van der Waals surface area contributed by atoms with Crippen molar-refractivity contribution in [3.63, 3.8) is 0 Å². The molecular weight excluding hydrogens is 478 g/mol. The molecule has 0 fully saturated rings. The van der Waals surface area contributed by atoms with Gasteiger partial charge in [-0.3, -0.25) is 4.57 Å². The molecule has 1 aromatic heterocycles. The summed E-state index contributed by atoms with van der Waals surface area (Å²) in [5, 5.41) is 43.6. The second-order valence-corrected chi connectivity index (χ2v) is 9.68. The lowest BCUT2D eigenvalue weighted by Gasteiger charge is -2.27. The van der Waals surface area contributed by atoms with Crippen molar-refractivity contribution in [2.45, 2.75) is 37.1 Å². The van der Waals surface area contributed by atoms with Crippen LogP contribution in [0.3, 0.4) is 0 Å². The lowest BCUT2D eigenvalue weighted by molar-refractivity contribution is -0.0900. The fraction of sp³-hybridized carbons (Fsp3) is 0.226. The van der Waals surface area contributed by atoms with Gasteiger partial charge in [0.25, 0.3) is 0 Å². The van der Waals surface area contributed by atoms with E-state index in [0.29, 0.717) is 48.4 Å². The Labute approximate surface area is 220 Å². The smallest absolute Gasteiger partial charge is 0.205 e. The van der Waals surface area contributed by atoms with E-state index in [1.807, 2.05) is 66.7 Å². The van der Waals surface area contributed by atoms with Crippen LogP contribution in [0.4, 0.5) is 0 Å². The first-order valence-electron chi connectivity index (χ1n) is 12.5. The predicted molar refractivity (Wildman–Crippen MR) is 140 cm³/mol. The predicted octanol–water partition coefficient (Wildman–Crippen LogP) is 5.81. The first-order chi connectivity index (χ1) is 18.5. The van der Waals surface area contributed by atoms with Gasteiger partial charge in [-0.2, -0.15) is 10.5 Å². The van der Waals surface area contributed by atoms with Gasteiger partial charge in [-0.1, -0.05) is 54.6 Å². The maximum atomic E-state index is 11.6. The Morgan fingerprint density at radius 1 is 0.816 bits per heavy atom. The molecule has 2 aliphatic heterocycles. The van der Waals surface area contributed by atoms with Crippen LogP contribution in [-0.2, 0) is 27.3 Å². The third kappa shape index (κ3) is 3.48. The van der Waals surface area contributed by atoms with Crippen molar-refractivity contribution in [2.24, 2.45) is 0 Å². The van der Waals surface area contributed by atoms with Crippen molar-refractivity contribution in [1.29, 1.82) is 10.5 Å². The van der Waals surface area contributed by atoms with Crippen LogP contribution in [0.1, 0.15) is 41.5 Å². The van der Waals surface area contributed by atoms with Crippen LogP contribution in [0.5, 0.6) is 11.8 Å². The van der Waals surface area contributed by atoms with Crippen molar-refractivity contribution >= 4 is 10.8 Å². The van der Waals surface area contributed by atoms with Gasteiger partial charge in [0.05, 0.1) is 47.7 Å². The quantitative estimate of drug-likeness (QED) is 0.232. The monoisotopic (exact) mass is 503 g/mol. The summed E-state index contributed by atoms with van der Waals surface area (Å²) in [4.78, 5) is 0. The molecule has 2 bridgehead atoms.